The molecule has 2 aromatic rings. The summed E-state index contributed by atoms with van der Waals surface area (Å²) in [4.78, 5) is 16.0. The molecule has 0 unspecified atom stereocenters. The zero-order valence-electron chi connectivity index (χ0n) is 13.5. The molecule has 1 heterocycles. The second-order valence-corrected chi connectivity index (χ2v) is 5.87. The van der Waals surface area contributed by atoms with Gasteiger partial charge >= 0.3 is 0 Å². The summed E-state index contributed by atoms with van der Waals surface area (Å²) in [5.74, 6) is 1.42. The van der Waals surface area contributed by atoms with Crippen LogP contribution in [0.4, 0.5) is 5.13 Å². The molecule has 0 aliphatic rings. The molecule has 1 aromatic heterocycles. The Morgan fingerprint density at radius 1 is 1.26 bits per heavy atom. The van der Waals surface area contributed by atoms with Crippen molar-refractivity contribution in [2.75, 3.05) is 26.1 Å². The molecule has 2 N–H and O–H groups in total. The Kier molecular flexibility index (Phi) is 6.37. The molecule has 1 aromatic carbocycles. The normalized spacial score (nSPS) is 11.8. The van der Waals surface area contributed by atoms with Gasteiger partial charge in [0.2, 0.25) is 5.91 Å². The number of anilines is 1. The maximum absolute atomic E-state index is 12.0. The van der Waals surface area contributed by atoms with Gasteiger partial charge in [-0.25, -0.2) is 4.98 Å². The number of carbonyl (C=O) groups excluding carboxylic acids is 1. The predicted molar refractivity (Wildman–Crippen MR) is 91.5 cm³/mol. The third-order valence-electron chi connectivity index (χ3n) is 3.33. The zero-order valence-corrected chi connectivity index (χ0v) is 14.3. The first-order chi connectivity index (χ1) is 11.1. The smallest absolute Gasteiger partial charge is 0.243 e. The molecule has 23 heavy (non-hydrogen) atoms. The van der Waals surface area contributed by atoms with Gasteiger partial charge in [-0.3, -0.25) is 4.79 Å². The SMILES string of the molecule is COc1cc(CCN[C@@H](C)C(=O)Nc2nccs2)cc(OC)c1. The molecule has 0 saturated heterocycles. The maximum atomic E-state index is 12.0. The lowest BCUT2D eigenvalue weighted by molar-refractivity contribution is -0.117. The molecule has 6 nitrogen and oxygen atoms in total. The van der Waals surface area contributed by atoms with E-state index in [-0.39, 0.29) is 11.9 Å². The molecule has 0 spiro atoms. The summed E-state index contributed by atoms with van der Waals surface area (Å²) in [5, 5.41) is 8.41. The number of methoxy groups -OCH3 is 2. The molecule has 0 aliphatic heterocycles. The molecule has 0 radical (unpaired) electrons. The van der Waals surface area contributed by atoms with Crippen LogP contribution in [0.25, 0.3) is 0 Å². The summed E-state index contributed by atoms with van der Waals surface area (Å²) in [6.07, 6.45) is 2.43. The van der Waals surface area contributed by atoms with Crippen LogP contribution in [0.3, 0.4) is 0 Å². The molecule has 2 rings (SSSR count). The van der Waals surface area contributed by atoms with Crippen LogP contribution in [0.1, 0.15) is 12.5 Å². The maximum Gasteiger partial charge on any atom is 0.243 e. The fourth-order valence-electron chi connectivity index (χ4n) is 2.04. The van der Waals surface area contributed by atoms with Crippen LogP contribution < -0.4 is 20.1 Å². The van der Waals surface area contributed by atoms with Crippen molar-refractivity contribution in [2.24, 2.45) is 0 Å². The molecule has 1 atom stereocenters. The van der Waals surface area contributed by atoms with Gasteiger partial charge in [-0.15, -0.1) is 11.3 Å². The highest BCUT2D eigenvalue weighted by atomic mass is 32.1. The van der Waals surface area contributed by atoms with E-state index < -0.39 is 0 Å². The van der Waals surface area contributed by atoms with Crippen LogP contribution in [-0.4, -0.2) is 37.7 Å². The predicted octanol–water partition coefficient (Wildman–Crippen LogP) is 2.32. The third-order valence-corrected chi connectivity index (χ3v) is 4.02. The van der Waals surface area contributed by atoms with Crippen LogP contribution in [-0.2, 0) is 11.2 Å². The summed E-state index contributed by atoms with van der Waals surface area (Å²) in [7, 11) is 3.25. The first-order valence-electron chi connectivity index (χ1n) is 7.28. The van der Waals surface area contributed by atoms with Gasteiger partial charge in [-0.1, -0.05) is 0 Å². The molecule has 0 aliphatic carbocycles. The van der Waals surface area contributed by atoms with E-state index in [1.165, 1.54) is 11.3 Å². The van der Waals surface area contributed by atoms with E-state index in [0.717, 1.165) is 23.5 Å². The number of rotatable bonds is 8. The van der Waals surface area contributed by atoms with E-state index >= 15 is 0 Å². The summed E-state index contributed by atoms with van der Waals surface area (Å²) in [6.45, 7) is 2.50. The van der Waals surface area contributed by atoms with Crippen molar-refractivity contribution in [3.8, 4) is 11.5 Å². The van der Waals surface area contributed by atoms with Crippen LogP contribution >= 0.6 is 11.3 Å². The minimum atomic E-state index is -0.300. The van der Waals surface area contributed by atoms with Crippen molar-refractivity contribution >= 4 is 22.4 Å². The number of aromatic nitrogens is 1. The highest BCUT2D eigenvalue weighted by Gasteiger charge is 2.13. The van der Waals surface area contributed by atoms with Gasteiger partial charge in [-0.05, 0) is 37.6 Å². The van der Waals surface area contributed by atoms with Crippen molar-refractivity contribution in [3.63, 3.8) is 0 Å². The van der Waals surface area contributed by atoms with Gasteiger partial charge in [-0.2, -0.15) is 0 Å². The van der Waals surface area contributed by atoms with Gasteiger partial charge in [0.05, 0.1) is 20.3 Å². The van der Waals surface area contributed by atoms with Crippen molar-refractivity contribution in [1.29, 1.82) is 0 Å². The molecule has 0 fully saturated rings. The number of amides is 1. The van der Waals surface area contributed by atoms with Gasteiger partial charge < -0.3 is 20.1 Å². The first-order valence-corrected chi connectivity index (χ1v) is 8.16. The number of hydrogen-bond donors (Lipinski definition) is 2. The quantitative estimate of drug-likeness (QED) is 0.774. The van der Waals surface area contributed by atoms with E-state index in [2.05, 4.69) is 15.6 Å². The number of nitrogens with zero attached hydrogens (tertiary/aromatic N) is 1. The minimum absolute atomic E-state index is 0.0943. The number of thiazole rings is 1. The van der Waals surface area contributed by atoms with E-state index in [1.807, 2.05) is 30.5 Å². The number of benzene rings is 1. The van der Waals surface area contributed by atoms with Crippen LogP contribution in [0.5, 0.6) is 11.5 Å². The summed E-state index contributed by atoms with van der Waals surface area (Å²) >= 11 is 1.40. The average molecular weight is 335 g/mol. The fourth-order valence-corrected chi connectivity index (χ4v) is 2.57. The number of nitrogens with one attached hydrogen (secondary N) is 2. The highest BCUT2D eigenvalue weighted by molar-refractivity contribution is 7.13. The number of carbonyl (C=O) groups is 1. The number of hydrogen-bond acceptors (Lipinski definition) is 6. The van der Waals surface area contributed by atoms with E-state index in [9.17, 15) is 4.79 Å². The Balaban J connectivity index is 1.83. The second-order valence-electron chi connectivity index (χ2n) is 4.97. The molecular formula is C16H21N3O3S. The first kappa shape index (κ1) is 17.2. The number of ether oxygens (including phenoxy) is 2. The summed E-state index contributed by atoms with van der Waals surface area (Å²) < 4.78 is 10.5. The topological polar surface area (TPSA) is 72.5 Å². The molecule has 124 valence electrons. The van der Waals surface area contributed by atoms with Crippen molar-refractivity contribution in [1.82, 2.24) is 10.3 Å². The van der Waals surface area contributed by atoms with Gasteiger partial charge in [0.15, 0.2) is 5.13 Å². The third kappa shape index (κ3) is 5.22. The second kappa shape index (κ2) is 8.50. The Morgan fingerprint density at radius 3 is 2.52 bits per heavy atom. The van der Waals surface area contributed by atoms with E-state index in [4.69, 9.17) is 9.47 Å². The minimum Gasteiger partial charge on any atom is -0.497 e. The Hall–Kier alpha value is -2.12. The molecule has 1 amide bonds. The van der Waals surface area contributed by atoms with E-state index in [0.29, 0.717) is 11.7 Å². The monoisotopic (exact) mass is 335 g/mol. The lowest BCUT2D eigenvalue weighted by atomic mass is 10.1. The zero-order chi connectivity index (χ0) is 16.7. The fraction of sp³-hybridized carbons (Fsp3) is 0.375. The highest BCUT2D eigenvalue weighted by Crippen LogP contribution is 2.22. The van der Waals surface area contributed by atoms with Gasteiger partial charge in [0.25, 0.3) is 0 Å². The van der Waals surface area contributed by atoms with Gasteiger partial charge in [0, 0.05) is 17.6 Å². The summed E-state index contributed by atoms with van der Waals surface area (Å²) in [5.41, 5.74) is 1.08. The lowest BCUT2D eigenvalue weighted by Gasteiger charge is -2.13. The van der Waals surface area contributed by atoms with E-state index in [1.54, 1.807) is 20.4 Å². The molecule has 0 saturated carbocycles. The van der Waals surface area contributed by atoms with Crippen molar-refractivity contribution in [3.05, 3.63) is 35.3 Å². The summed E-state index contributed by atoms with van der Waals surface area (Å²) in [6, 6.07) is 5.46. The largest absolute Gasteiger partial charge is 0.497 e. The molecule has 0 bridgehead atoms. The molecular weight excluding hydrogens is 314 g/mol. The van der Waals surface area contributed by atoms with Crippen LogP contribution in [0.2, 0.25) is 0 Å². The van der Waals surface area contributed by atoms with Crippen molar-refractivity contribution in [2.45, 2.75) is 19.4 Å². The average Bonchev–Trinajstić information content (AvgIpc) is 3.07. The standard InChI is InChI=1S/C16H21N3O3S/c1-11(15(20)19-16-18-6-7-23-16)17-5-4-12-8-13(21-2)10-14(9-12)22-3/h6-11,17H,4-5H2,1-3H3,(H,18,19,20)/t11-/m0/s1. The van der Waals surface area contributed by atoms with Crippen LogP contribution in [0.15, 0.2) is 29.8 Å². The van der Waals surface area contributed by atoms with Crippen molar-refractivity contribution < 1.29 is 14.3 Å². The lowest BCUT2D eigenvalue weighted by Crippen LogP contribution is -2.39. The van der Waals surface area contributed by atoms with Crippen LogP contribution in [0, 0.1) is 0 Å². The Labute approximate surface area is 139 Å². The Bertz CT molecular complexity index is 609. The Morgan fingerprint density at radius 2 is 1.96 bits per heavy atom. The van der Waals surface area contributed by atoms with Gasteiger partial charge in [0.1, 0.15) is 11.5 Å². The molecule has 7 heteroatoms.